The molecule has 3 unspecified atom stereocenters. The molecule has 4 N–H and O–H groups in total. The minimum Gasteiger partial charge on any atom is -0.458 e. The van der Waals surface area contributed by atoms with E-state index in [1.165, 1.54) is 4.90 Å². The summed E-state index contributed by atoms with van der Waals surface area (Å²) >= 11 is 0. The number of benzene rings is 2. The van der Waals surface area contributed by atoms with Crippen molar-refractivity contribution in [2.75, 3.05) is 0 Å². The highest BCUT2D eigenvalue weighted by Gasteiger charge is 2.43. The Kier molecular flexibility index (Phi) is 13.1. The number of primary amides is 1. The van der Waals surface area contributed by atoms with Crippen molar-refractivity contribution >= 4 is 29.8 Å². The number of amides is 4. The molecule has 0 spiro atoms. The van der Waals surface area contributed by atoms with Gasteiger partial charge in [0.1, 0.15) is 29.3 Å². The van der Waals surface area contributed by atoms with Crippen molar-refractivity contribution in [3.05, 3.63) is 71.3 Å². The number of alkyl carbamates (subject to hydrolysis) is 1. The lowest BCUT2D eigenvalue weighted by Crippen LogP contribution is -2.60. The van der Waals surface area contributed by atoms with Crippen LogP contribution in [0.5, 0.6) is 0 Å². The molecule has 0 aromatic heterocycles. The molecule has 11 heteroatoms. The fourth-order valence-electron chi connectivity index (χ4n) is 4.88. The maximum absolute atomic E-state index is 14.5. The van der Waals surface area contributed by atoms with Gasteiger partial charge in [0, 0.05) is 12.0 Å². The highest BCUT2D eigenvalue weighted by atomic mass is 16.6. The number of hydrogen-bond acceptors (Lipinski definition) is 7. The monoisotopic (exact) mass is 652 g/mol. The molecule has 2 aromatic carbocycles. The van der Waals surface area contributed by atoms with Crippen molar-refractivity contribution in [1.29, 1.82) is 0 Å². The van der Waals surface area contributed by atoms with Gasteiger partial charge in [0.15, 0.2) is 0 Å². The van der Waals surface area contributed by atoms with E-state index in [9.17, 15) is 24.0 Å². The zero-order valence-corrected chi connectivity index (χ0v) is 29.4. The van der Waals surface area contributed by atoms with E-state index < -0.39 is 71.1 Å². The first-order valence-electron chi connectivity index (χ1n) is 15.9. The Morgan fingerprint density at radius 1 is 0.745 bits per heavy atom. The zero-order chi connectivity index (χ0) is 35.7. The number of hydrogen-bond donors (Lipinski definition) is 3. The number of aryl methyl sites for hydroxylation is 1. The van der Waals surface area contributed by atoms with Crippen LogP contribution in [0.15, 0.2) is 54.6 Å². The first-order valence-corrected chi connectivity index (χ1v) is 15.9. The van der Waals surface area contributed by atoms with Gasteiger partial charge in [-0.05, 0) is 85.4 Å². The third kappa shape index (κ3) is 12.7. The quantitative estimate of drug-likeness (QED) is 0.279. The van der Waals surface area contributed by atoms with Crippen LogP contribution in [-0.2, 0) is 41.5 Å². The summed E-state index contributed by atoms with van der Waals surface area (Å²) in [4.78, 5) is 68.7. The minimum absolute atomic E-state index is 0.136. The number of nitrogens with zero attached hydrogens (tertiary/aromatic N) is 1. The Morgan fingerprint density at radius 2 is 1.30 bits per heavy atom. The van der Waals surface area contributed by atoms with Crippen LogP contribution in [0.1, 0.15) is 98.4 Å². The normalized spacial score (nSPS) is 13.8. The van der Waals surface area contributed by atoms with Crippen molar-refractivity contribution < 1.29 is 33.4 Å². The van der Waals surface area contributed by atoms with E-state index in [-0.39, 0.29) is 6.42 Å². The molecule has 258 valence electrons. The molecule has 3 atom stereocenters. The van der Waals surface area contributed by atoms with Crippen LogP contribution in [0, 0.1) is 0 Å². The molecule has 0 bridgehead atoms. The van der Waals surface area contributed by atoms with Gasteiger partial charge in [0.05, 0.1) is 6.42 Å². The average molecular weight is 653 g/mol. The fraction of sp³-hybridized carbons (Fsp3) is 0.528. The van der Waals surface area contributed by atoms with Crippen LogP contribution in [-0.4, -0.2) is 63.5 Å². The summed E-state index contributed by atoms with van der Waals surface area (Å²) in [6.45, 7) is 17.4. The van der Waals surface area contributed by atoms with Crippen molar-refractivity contribution in [3.8, 4) is 0 Å². The van der Waals surface area contributed by atoms with E-state index in [0.717, 1.165) is 17.5 Å². The predicted octanol–water partition coefficient (Wildman–Crippen LogP) is 4.76. The lowest BCUT2D eigenvalue weighted by atomic mass is 9.93. The SMILES string of the molecule is CCc1ccc(C(C(=O)NC(Cc2ccccc2)C(=O)OC(C)(C)C)N(C(=O)C(CC(N)=O)NC(=O)OC(C)(C)C)C(C)(C)C)cc1. The maximum atomic E-state index is 14.5. The number of carbonyl (C=O) groups excluding carboxylic acids is 5. The van der Waals surface area contributed by atoms with Gasteiger partial charge in [0.2, 0.25) is 17.7 Å². The number of carbonyl (C=O) groups is 5. The van der Waals surface area contributed by atoms with Crippen molar-refractivity contribution in [2.24, 2.45) is 5.73 Å². The van der Waals surface area contributed by atoms with Crippen LogP contribution in [0.3, 0.4) is 0 Å². The van der Waals surface area contributed by atoms with E-state index in [4.69, 9.17) is 15.2 Å². The van der Waals surface area contributed by atoms with E-state index in [1.807, 2.05) is 49.4 Å². The summed E-state index contributed by atoms with van der Waals surface area (Å²) in [6, 6.07) is 12.6. The summed E-state index contributed by atoms with van der Waals surface area (Å²) < 4.78 is 11.0. The van der Waals surface area contributed by atoms with Crippen LogP contribution < -0.4 is 16.4 Å². The fourth-order valence-corrected chi connectivity index (χ4v) is 4.88. The summed E-state index contributed by atoms with van der Waals surface area (Å²) in [6.07, 6.45) is -0.580. The third-order valence-electron chi connectivity index (χ3n) is 6.86. The zero-order valence-electron chi connectivity index (χ0n) is 29.4. The minimum atomic E-state index is -1.45. The van der Waals surface area contributed by atoms with E-state index in [0.29, 0.717) is 5.56 Å². The highest BCUT2D eigenvalue weighted by molar-refractivity contribution is 5.96. The smallest absolute Gasteiger partial charge is 0.408 e. The molecular weight excluding hydrogens is 600 g/mol. The molecular formula is C36H52N4O7. The first kappa shape index (κ1) is 38.8. The molecule has 0 radical (unpaired) electrons. The molecule has 4 amide bonds. The van der Waals surface area contributed by atoms with Gasteiger partial charge in [-0.3, -0.25) is 14.4 Å². The molecule has 0 aliphatic heterocycles. The molecule has 11 nitrogen and oxygen atoms in total. The van der Waals surface area contributed by atoms with E-state index >= 15 is 0 Å². The Bertz CT molecular complexity index is 1390. The largest absolute Gasteiger partial charge is 0.458 e. The lowest BCUT2D eigenvalue weighted by Gasteiger charge is -2.43. The van der Waals surface area contributed by atoms with Gasteiger partial charge >= 0.3 is 12.1 Å². The van der Waals surface area contributed by atoms with Gasteiger partial charge in [-0.1, -0.05) is 61.5 Å². The van der Waals surface area contributed by atoms with Gasteiger partial charge in [-0.2, -0.15) is 0 Å². The predicted molar refractivity (Wildman–Crippen MR) is 180 cm³/mol. The molecule has 2 aromatic rings. The molecule has 0 fully saturated rings. The van der Waals surface area contributed by atoms with Gasteiger partial charge < -0.3 is 30.7 Å². The van der Waals surface area contributed by atoms with Crippen LogP contribution >= 0.6 is 0 Å². The Morgan fingerprint density at radius 3 is 1.77 bits per heavy atom. The standard InChI is InChI=1S/C36H52N4O7/c1-11-23-17-19-25(20-18-23)29(30(42)38-27(32(44)46-35(5,6)7)21-24-15-13-12-14-16-24)40(34(2,3)4)31(43)26(22-28(37)41)39-33(45)47-36(8,9)10/h12-20,26-27,29H,11,21-22H2,1-10H3,(H2,37,41)(H,38,42)(H,39,45). The van der Waals surface area contributed by atoms with Gasteiger partial charge in [-0.15, -0.1) is 0 Å². The van der Waals surface area contributed by atoms with Crippen molar-refractivity contribution in [2.45, 2.75) is 123 Å². The summed E-state index contributed by atoms with van der Waals surface area (Å²) in [7, 11) is 0. The summed E-state index contributed by atoms with van der Waals surface area (Å²) in [5.74, 6) is -2.87. The van der Waals surface area contributed by atoms with Crippen LogP contribution in [0.2, 0.25) is 0 Å². The maximum Gasteiger partial charge on any atom is 0.408 e. The van der Waals surface area contributed by atoms with E-state index in [1.54, 1.807) is 74.4 Å². The van der Waals surface area contributed by atoms with Gasteiger partial charge in [0.25, 0.3) is 0 Å². The van der Waals surface area contributed by atoms with E-state index in [2.05, 4.69) is 10.6 Å². The average Bonchev–Trinajstić information content (AvgIpc) is 2.92. The Balaban J connectivity index is 2.68. The molecule has 0 saturated carbocycles. The topological polar surface area (TPSA) is 157 Å². The molecule has 0 aliphatic carbocycles. The van der Waals surface area contributed by atoms with Gasteiger partial charge in [-0.25, -0.2) is 9.59 Å². The molecule has 0 aliphatic rings. The van der Waals surface area contributed by atoms with Crippen LogP contribution in [0.25, 0.3) is 0 Å². The van der Waals surface area contributed by atoms with Crippen LogP contribution in [0.4, 0.5) is 4.79 Å². The second kappa shape index (κ2) is 15.9. The number of ether oxygens (including phenoxy) is 2. The number of nitrogens with one attached hydrogen (secondary N) is 2. The third-order valence-corrected chi connectivity index (χ3v) is 6.86. The van der Waals surface area contributed by atoms with Crippen molar-refractivity contribution in [3.63, 3.8) is 0 Å². The summed E-state index contributed by atoms with van der Waals surface area (Å²) in [5, 5.41) is 5.34. The number of nitrogens with two attached hydrogens (primary N) is 1. The highest BCUT2D eigenvalue weighted by Crippen LogP contribution is 2.31. The number of esters is 1. The Hall–Kier alpha value is -4.41. The summed E-state index contributed by atoms with van der Waals surface area (Å²) in [5.41, 5.74) is 5.03. The lowest BCUT2D eigenvalue weighted by molar-refractivity contribution is -0.159. The molecule has 0 heterocycles. The Labute approximate surface area is 278 Å². The number of rotatable bonds is 12. The molecule has 0 saturated heterocycles. The molecule has 2 rings (SSSR count). The van der Waals surface area contributed by atoms with Crippen molar-refractivity contribution in [1.82, 2.24) is 15.5 Å². The first-order chi connectivity index (χ1) is 21.6. The second-order valence-corrected chi connectivity index (χ2v) is 14.5. The second-order valence-electron chi connectivity index (χ2n) is 14.5. The molecule has 47 heavy (non-hydrogen) atoms.